The van der Waals surface area contributed by atoms with Crippen molar-refractivity contribution in [3.05, 3.63) is 48.5 Å². The van der Waals surface area contributed by atoms with Crippen LogP contribution in [0.5, 0.6) is 5.75 Å². The van der Waals surface area contributed by atoms with Crippen molar-refractivity contribution in [1.29, 1.82) is 0 Å². The maximum atomic E-state index is 13.2. The lowest BCUT2D eigenvalue weighted by molar-refractivity contribution is -0.141. The molecule has 3 aliphatic rings. The van der Waals surface area contributed by atoms with E-state index >= 15 is 0 Å². The number of methoxy groups -OCH3 is 1. The van der Waals surface area contributed by atoms with Gasteiger partial charge in [0, 0.05) is 55.8 Å². The molecule has 0 bridgehead atoms. The summed E-state index contributed by atoms with van der Waals surface area (Å²) in [6.45, 7) is 4.00. The average Bonchev–Trinajstić information content (AvgIpc) is 2.92. The molecule has 3 heterocycles. The van der Waals surface area contributed by atoms with Crippen molar-refractivity contribution in [2.45, 2.75) is 23.0 Å². The highest BCUT2D eigenvalue weighted by Gasteiger charge is 2.38. The van der Waals surface area contributed by atoms with Crippen molar-refractivity contribution < 1.29 is 19.1 Å². The zero-order valence-electron chi connectivity index (χ0n) is 19.8. The van der Waals surface area contributed by atoms with Crippen molar-refractivity contribution in [1.82, 2.24) is 9.80 Å². The molecule has 3 amide bonds. The van der Waals surface area contributed by atoms with E-state index in [1.807, 2.05) is 53.4 Å². The Balaban J connectivity index is 1.11. The summed E-state index contributed by atoms with van der Waals surface area (Å²) >= 11 is 1.31. The first-order valence-corrected chi connectivity index (χ1v) is 12.9. The first-order chi connectivity index (χ1) is 17.0. The van der Waals surface area contributed by atoms with Crippen LogP contribution < -0.4 is 15.0 Å². The topological polar surface area (TPSA) is 82.2 Å². The molecule has 0 saturated carbocycles. The van der Waals surface area contributed by atoms with Gasteiger partial charge in [0.1, 0.15) is 5.75 Å². The average molecular weight is 495 g/mol. The van der Waals surface area contributed by atoms with E-state index in [0.29, 0.717) is 39.0 Å². The third kappa shape index (κ3) is 4.96. The summed E-state index contributed by atoms with van der Waals surface area (Å²) in [4.78, 5) is 45.7. The number of amides is 3. The molecule has 184 valence electrons. The molecule has 2 aromatic rings. The van der Waals surface area contributed by atoms with Gasteiger partial charge in [0.05, 0.1) is 12.8 Å². The number of hydrogen-bond acceptors (Lipinski definition) is 6. The molecular weight excluding hydrogens is 464 g/mol. The standard InChI is InChI=1S/C26H30N4O4S/c1-34-20-8-6-19(7-9-20)28-14-16-30(17-15-28)25(32)18-10-12-29(13-11-18)26(33)23-24(31)27-21-4-2-3-5-22(21)35-23/h2-9,18,23H,10-17H2,1H3,(H,27,31)/t23-/m0/s1. The molecule has 1 N–H and O–H groups in total. The molecular formula is C26H30N4O4S. The summed E-state index contributed by atoms with van der Waals surface area (Å²) in [5, 5.41) is 2.07. The molecule has 5 rings (SSSR count). The number of piperidine rings is 1. The number of fused-ring (bicyclic) bond motifs is 1. The van der Waals surface area contributed by atoms with E-state index in [-0.39, 0.29) is 23.6 Å². The summed E-state index contributed by atoms with van der Waals surface area (Å²) in [6.07, 6.45) is 1.28. The minimum absolute atomic E-state index is 0.0693. The molecule has 1 atom stereocenters. The molecule has 0 spiro atoms. The molecule has 0 aliphatic carbocycles. The monoisotopic (exact) mass is 494 g/mol. The Labute approximate surface area is 209 Å². The van der Waals surface area contributed by atoms with Gasteiger partial charge in [-0.05, 0) is 49.2 Å². The zero-order chi connectivity index (χ0) is 24.4. The number of piperazine rings is 1. The third-order valence-corrected chi connectivity index (χ3v) is 8.30. The third-order valence-electron chi connectivity index (χ3n) is 7.04. The number of thioether (sulfide) groups is 1. The number of anilines is 2. The summed E-state index contributed by atoms with van der Waals surface area (Å²) in [6, 6.07) is 15.5. The van der Waals surface area contributed by atoms with E-state index < -0.39 is 5.25 Å². The molecule has 8 nitrogen and oxygen atoms in total. The van der Waals surface area contributed by atoms with Crippen molar-refractivity contribution in [3.8, 4) is 5.75 Å². The maximum Gasteiger partial charge on any atom is 0.247 e. The molecule has 35 heavy (non-hydrogen) atoms. The highest BCUT2D eigenvalue weighted by Crippen LogP contribution is 2.36. The molecule has 2 saturated heterocycles. The second-order valence-corrected chi connectivity index (χ2v) is 10.2. The van der Waals surface area contributed by atoms with Crippen molar-refractivity contribution in [2.75, 3.05) is 56.6 Å². The number of benzene rings is 2. The quantitative estimate of drug-likeness (QED) is 0.659. The number of carbonyl (C=O) groups excluding carboxylic acids is 3. The Kier molecular flexibility index (Phi) is 6.86. The smallest absolute Gasteiger partial charge is 0.247 e. The fourth-order valence-electron chi connectivity index (χ4n) is 4.96. The second-order valence-electron chi connectivity index (χ2n) is 9.09. The number of ether oxygens (including phenoxy) is 1. The van der Waals surface area contributed by atoms with Crippen molar-refractivity contribution >= 4 is 40.9 Å². The van der Waals surface area contributed by atoms with Gasteiger partial charge in [0.2, 0.25) is 17.7 Å². The van der Waals surface area contributed by atoms with Crippen LogP contribution >= 0.6 is 11.8 Å². The first kappa shape index (κ1) is 23.5. The predicted octanol–water partition coefficient (Wildman–Crippen LogP) is 2.70. The molecule has 9 heteroatoms. The van der Waals surface area contributed by atoms with Gasteiger partial charge in [-0.2, -0.15) is 0 Å². The number of nitrogens with one attached hydrogen (secondary N) is 1. The largest absolute Gasteiger partial charge is 0.497 e. The molecule has 0 unspecified atom stereocenters. The van der Waals surface area contributed by atoms with Crippen LogP contribution in [0.1, 0.15) is 12.8 Å². The lowest BCUT2D eigenvalue weighted by Gasteiger charge is -2.39. The van der Waals surface area contributed by atoms with Crippen LogP contribution in [0.3, 0.4) is 0 Å². The number of likely N-dealkylation sites (tertiary alicyclic amines) is 1. The Morgan fingerprint density at radius 3 is 2.23 bits per heavy atom. The van der Waals surface area contributed by atoms with Gasteiger partial charge in [-0.1, -0.05) is 12.1 Å². The molecule has 3 aliphatic heterocycles. The number of carbonyl (C=O) groups is 3. The fourth-order valence-corrected chi connectivity index (χ4v) is 6.04. The van der Waals surface area contributed by atoms with E-state index in [2.05, 4.69) is 10.2 Å². The predicted molar refractivity (Wildman–Crippen MR) is 136 cm³/mol. The summed E-state index contributed by atoms with van der Waals surface area (Å²) in [5.41, 5.74) is 1.89. The Bertz CT molecular complexity index is 1090. The van der Waals surface area contributed by atoms with Crippen molar-refractivity contribution in [2.24, 2.45) is 5.92 Å². The van der Waals surface area contributed by atoms with Crippen LogP contribution in [-0.4, -0.2) is 79.1 Å². The van der Waals surface area contributed by atoms with Crippen LogP contribution in [0, 0.1) is 5.92 Å². The van der Waals surface area contributed by atoms with Gasteiger partial charge in [0.25, 0.3) is 0 Å². The van der Waals surface area contributed by atoms with Crippen LogP contribution in [0.15, 0.2) is 53.4 Å². The van der Waals surface area contributed by atoms with E-state index in [1.54, 1.807) is 12.0 Å². The van der Waals surface area contributed by atoms with Gasteiger partial charge >= 0.3 is 0 Å². The summed E-state index contributed by atoms with van der Waals surface area (Å²) in [5.74, 6) is 0.512. The van der Waals surface area contributed by atoms with Gasteiger partial charge in [-0.25, -0.2) is 0 Å². The zero-order valence-corrected chi connectivity index (χ0v) is 20.6. The Morgan fingerprint density at radius 2 is 1.54 bits per heavy atom. The number of para-hydroxylation sites is 1. The van der Waals surface area contributed by atoms with Crippen LogP contribution in [0.4, 0.5) is 11.4 Å². The normalized spacial score (nSPS) is 20.8. The Hall–Kier alpha value is -3.20. The molecule has 0 radical (unpaired) electrons. The van der Waals surface area contributed by atoms with Gasteiger partial charge in [-0.15, -0.1) is 11.8 Å². The highest BCUT2D eigenvalue weighted by molar-refractivity contribution is 8.01. The fraction of sp³-hybridized carbons (Fsp3) is 0.423. The van der Waals surface area contributed by atoms with Crippen molar-refractivity contribution in [3.63, 3.8) is 0 Å². The summed E-state index contributed by atoms with van der Waals surface area (Å²) < 4.78 is 5.23. The van der Waals surface area contributed by atoms with Gasteiger partial charge in [0.15, 0.2) is 5.25 Å². The van der Waals surface area contributed by atoms with Crippen LogP contribution in [0.2, 0.25) is 0 Å². The second kappa shape index (κ2) is 10.2. The highest BCUT2D eigenvalue weighted by atomic mass is 32.2. The van der Waals surface area contributed by atoms with E-state index in [4.69, 9.17) is 4.74 Å². The Morgan fingerprint density at radius 1 is 0.886 bits per heavy atom. The lowest BCUT2D eigenvalue weighted by atomic mass is 9.94. The maximum absolute atomic E-state index is 13.2. The molecule has 2 fully saturated rings. The number of rotatable bonds is 4. The minimum Gasteiger partial charge on any atom is -0.497 e. The van der Waals surface area contributed by atoms with Crippen LogP contribution in [0.25, 0.3) is 0 Å². The van der Waals surface area contributed by atoms with Crippen LogP contribution in [-0.2, 0) is 14.4 Å². The number of hydrogen-bond donors (Lipinski definition) is 1. The SMILES string of the molecule is COc1ccc(N2CCN(C(=O)C3CCN(C(=O)[C@H]4Sc5ccccc5NC4=O)CC3)CC2)cc1. The minimum atomic E-state index is -0.775. The van der Waals surface area contributed by atoms with Gasteiger partial charge < -0.3 is 24.8 Å². The molecule has 2 aromatic carbocycles. The first-order valence-electron chi connectivity index (χ1n) is 12.1. The molecule has 0 aromatic heterocycles. The van der Waals surface area contributed by atoms with E-state index in [0.717, 1.165) is 35.1 Å². The van der Waals surface area contributed by atoms with E-state index in [1.165, 1.54) is 11.8 Å². The summed E-state index contributed by atoms with van der Waals surface area (Å²) in [7, 11) is 1.66. The number of nitrogens with zero attached hydrogens (tertiary/aromatic N) is 3. The van der Waals surface area contributed by atoms with E-state index in [9.17, 15) is 14.4 Å². The van der Waals surface area contributed by atoms with Gasteiger partial charge in [-0.3, -0.25) is 14.4 Å². The lowest BCUT2D eigenvalue weighted by Crippen LogP contribution is -2.53.